The number of amides is 1. The highest BCUT2D eigenvalue weighted by atomic mass is 16.5. The van der Waals surface area contributed by atoms with Gasteiger partial charge >= 0.3 is 0 Å². The highest BCUT2D eigenvalue weighted by Gasteiger charge is 2.21. The van der Waals surface area contributed by atoms with Crippen molar-refractivity contribution in [3.63, 3.8) is 0 Å². The van der Waals surface area contributed by atoms with Crippen LogP contribution in [-0.4, -0.2) is 43.7 Å². The molecule has 1 amide bonds. The number of hydrogen-bond donors (Lipinski definition) is 1. The minimum absolute atomic E-state index is 0.252. The van der Waals surface area contributed by atoms with Crippen molar-refractivity contribution < 1.29 is 9.53 Å². The SMILES string of the molecule is C=CCOCCCC(=O)N1CCC(CN)CC1. The molecular weight excluding hydrogens is 216 g/mol. The average molecular weight is 240 g/mol. The van der Waals surface area contributed by atoms with Crippen LogP contribution in [0.25, 0.3) is 0 Å². The van der Waals surface area contributed by atoms with E-state index in [-0.39, 0.29) is 5.91 Å². The van der Waals surface area contributed by atoms with Gasteiger partial charge in [-0.2, -0.15) is 0 Å². The van der Waals surface area contributed by atoms with E-state index in [4.69, 9.17) is 10.5 Å². The van der Waals surface area contributed by atoms with Crippen LogP contribution in [0.1, 0.15) is 25.7 Å². The topological polar surface area (TPSA) is 55.6 Å². The Morgan fingerprint density at radius 3 is 2.76 bits per heavy atom. The molecule has 0 atom stereocenters. The van der Waals surface area contributed by atoms with Crippen molar-refractivity contribution in [1.29, 1.82) is 0 Å². The third-order valence-electron chi connectivity index (χ3n) is 3.22. The molecule has 1 aliphatic rings. The van der Waals surface area contributed by atoms with E-state index in [1.165, 1.54) is 0 Å². The normalized spacial score (nSPS) is 17.1. The summed E-state index contributed by atoms with van der Waals surface area (Å²) in [6, 6.07) is 0. The Bertz CT molecular complexity index is 236. The first-order valence-electron chi connectivity index (χ1n) is 6.44. The van der Waals surface area contributed by atoms with Crippen LogP contribution in [0, 0.1) is 5.92 Å². The Morgan fingerprint density at radius 1 is 1.47 bits per heavy atom. The van der Waals surface area contributed by atoms with Crippen LogP contribution >= 0.6 is 0 Å². The lowest BCUT2D eigenvalue weighted by Gasteiger charge is -2.31. The molecule has 1 fully saturated rings. The zero-order valence-corrected chi connectivity index (χ0v) is 10.6. The molecule has 1 saturated heterocycles. The summed E-state index contributed by atoms with van der Waals surface area (Å²) in [5.41, 5.74) is 5.62. The molecule has 0 aromatic rings. The maximum Gasteiger partial charge on any atom is 0.222 e. The Labute approximate surface area is 104 Å². The predicted molar refractivity (Wildman–Crippen MR) is 68.6 cm³/mol. The number of hydrogen-bond acceptors (Lipinski definition) is 3. The van der Waals surface area contributed by atoms with Gasteiger partial charge in [0.05, 0.1) is 6.61 Å². The summed E-state index contributed by atoms with van der Waals surface area (Å²) < 4.78 is 5.25. The fraction of sp³-hybridized carbons (Fsp3) is 0.769. The molecule has 17 heavy (non-hydrogen) atoms. The lowest BCUT2D eigenvalue weighted by atomic mass is 9.97. The van der Waals surface area contributed by atoms with Gasteiger partial charge in [0.25, 0.3) is 0 Å². The van der Waals surface area contributed by atoms with Gasteiger partial charge in [0.1, 0.15) is 0 Å². The monoisotopic (exact) mass is 240 g/mol. The maximum atomic E-state index is 11.8. The van der Waals surface area contributed by atoms with Crippen molar-refractivity contribution in [3.8, 4) is 0 Å². The summed E-state index contributed by atoms with van der Waals surface area (Å²) in [6.07, 6.45) is 5.21. The molecule has 1 heterocycles. The number of ether oxygens (including phenoxy) is 1. The van der Waals surface area contributed by atoms with Gasteiger partial charge in [-0.1, -0.05) is 6.08 Å². The standard InChI is InChI=1S/C13H24N2O2/c1-2-9-17-10-3-4-13(16)15-7-5-12(11-14)6-8-15/h2,12H,1,3-11,14H2. The molecule has 4 nitrogen and oxygen atoms in total. The van der Waals surface area contributed by atoms with Gasteiger partial charge in [0.2, 0.25) is 5.91 Å². The van der Waals surface area contributed by atoms with E-state index in [9.17, 15) is 4.79 Å². The molecule has 1 aliphatic heterocycles. The second-order valence-electron chi connectivity index (χ2n) is 4.53. The van der Waals surface area contributed by atoms with Crippen molar-refractivity contribution >= 4 is 5.91 Å². The molecule has 1 rings (SSSR count). The van der Waals surface area contributed by atoms with Crippen molar-refractivity contribution in [3.05, 3.63) is 12.7 Å². The second-order valence-corrected chi connectivity index (χ2v) is 4.53. The molecule has 4 heteroatoms. The average Bonchev–Trinajstić information content (AvgIpc) is 2.38. The summed E-state index contributed by atoms with van der Waals surface area (Å²) in [5.74, 6) is 0.859. The minimum Gasteiger partial charge on any atom is -0.377 e. The van der Waals surface area contributed by atoms with Gasteiger partial charge < -0.3 is 15.4 Å². The van der Waals surface area contributed by atoms with Crippen molar-refractivity contribution in [2.45, 2.75) is 25.7 Å². The molecule has 98 valence electrons. The molecule has 0 radical (unpaired) electrons. The molecular formula is C13H24N2O2. The van der Waals surface area contributed by atoms with Gasteiger partial charge in [-0.05, 0) is 31.7 Å². The Balaban J connectivity index is 2.09. The molecule has 0 unspecified atom stereocenters. The van der Waals surface area contributed by atoms with E-state index < -0.39 is 0 Å². The lowest BCUT2D eigenvalue weighted by Crippen LogP contribution is -2.40. The van der Waals surface area contributed by atoms with Crippen molar-refractivity contribution in [1.82, 2.24) is 4.90 Å². The van der Waals surface area contributed by atoms with E-state index in [1.807, 2.05) is 4.90 Å². The number of nitrogens with zero attached hydrogens (tertiary/aromatic N) is 1. The zero-order valence-electron chi connectivity index (χ0n) is 10.6. The van der Waals surface area contributed by atoms with Crippen LogP contribution in [0.15, 0.2) is 12.7 Å². The first-order chi connectivity index (χ1) is 8.27. The number of rotatable bonds is 7. The zero-order chi connectivity index (χ0) is 12.5. The van der Waals surface area contributed by atoms with Crippen molar-refractivity contribution in [2.24, 2.45) is 11.7 Å². The third kappa shape index (κ3) is 5.33. The third-order valence-corrected chi connectivity index (χ3v) is 3.22. The highest BCUT2D eigenvalue weighted by molar-refractivity contribution is 5.76. The Morgan fingerprint density at radius 2 is 2.18 bits per heavy atom. The largest absolute Gasteiger partial charge is 0.377 e. The van der Waals surface area contributed by atoms with Gasteiger partial charge in [-0.3, -0.25) is 4.79 Å². The van der Waals surface area contributed by atoms with Crippen LogP contribution in [0.3, 0.4) is 0 Å². The van der Waals surface area contributed by atoms with E-state index in [0.717, 1.165) is 38.9 Å². The predicted octanol–water partition coefficient (Wildman–Crippen LogP) is 1.17. The summed E-state index contributed by atoms with van der Waals surface area (Å²) in [4.78, 5) is 13.8. The Kier molecular flexibility index (Phi) is 6.89. The molecule has 0 aromatic heterocycles. The minimum atomic E-state index is 0.252. The molecule has 0 saturated carbocycles. The van der Waals surface area contributed by atoms with Crippen LogP contribution in [0.4, 0.5) is 0 Å². The number of piperidine rings is 1. The molecule has 0 bridgehead atoms. The smallest absolute Gasteiger partial charge is 0.222 e. The first-order valence-corrected chi connectivity index (χ1v) is 6.44. The number of carbonyl (C=O) groups excluding carboxylic acids is 1. The molecule has 0 aliphatic carbocycles. The summed E-state index contributed by atoms with van der Waals surface area (Å²) in [5, 5.41) is 0. The first kappa shape index (κ1) is 14.2. The lowest BCUT2D eigenvalue weighted by molar-refractivity contribution is -0.132. The maximum absolute atomic E-state index is 11.8. The highest BCUT2D eigenvalue weighted by Crippen LogP contribution is 2.16. The summed E-state index contributed by atoms with van der Waals surface area (Å²) in [6.45, 7) is 7.26. The van der Waals surface area contributed by atoms with Gasteiger partial charge in [0, 0.05) is 26.1 Å². The van der Waals surface area contributed by atoms with Crippen LogP contribution < -0.4 is 5.73 Å². The van der Waals surface area contributed by atoms with Crippen LogP contribution in [0.5, 0.6) is 0 Å². The van der Waals surface area contributed by atoms with Crippen molar-refractivity contribution in [2.75, 3.05) is 32.8 Å². The van der Waals surface area contributed by atoms with Gasteiger partial charge in [-0.25, -0.2) is 0 Å². The fourth-order valence-electron chi connectivity index (χ4n) is 2.07. The quantitative estimate of drug-likeness (QED) is 0.537. The number of likely N-dealkylation sites (tertiary alicyclic amines) is 1. The Hall–Kier alpha value is -0.870. The van der Waals surface area contributed by atoms with E-state index >= 15 is 0 Å². The molecule has 2 N–H and O–H groups in total. The van der Waals surface area contributed by atoms with E-state index in [1.54, 1.807) is 6.08 Å². The van der Waals surface area contributed by atoms with Gasteiger partial charge in [-0.15, -0.1) is 6.58 Å². The molecule has 0 spiro atoms. The number of carbonyl (C=O) groups is 1. The van der Waals surface area contributed by atoms with Crippen LogP contribution in [-0.2, 0) is 9.53 Å². The van der Waals surface area contributed by atoms with E-state index in [0.29, 0.717) is 25.6 Å². The van der Waals surface area contributed by atoms with Gasteiger partial charge in [0.15, 0.2) is 0 Å². The molecule has 0 aromatic carbocycles. The number of nitrogens with two attached hydrogens (primary N) is 1. The van der Waals surface area contributed by atoms with E-state index in [2.05, 4.69) is 6.58 Å². The second kappa shape index (κ2) is 8.25. The fourth-order valence-corrected chi connectivity index (χ4v) is 2.07. The van der Waals surface area contributed by atoms with Crippen LogP contribution in [0.2, 0.25) is 0 Å². The summed E-state index contributed by atoms with van der Waals surface area (Å²) in [7, 11) is 0. The summed E-state index contributed by atoms with van der Waals surface area (Å²) >= 11 is 0.